The first-order chi connectivity index (χ1) is 9.20. The summed E-state index contributed by atoms with van der Waals surface area (Å²) in [5.74, 6) is 0. The number of nitrogens with two attached hydrogens (primary N) is 1. The van der Waals surface area contributed by atoms with E-state index < -0.39 is 0 Å². The maximum Gasteiger partial charge on any atom is 0.0543 e. The van der Waals surface area contributed by atoms with Gasteiger partial charge in [0.15, 0.2) is 0 Å². The van der Waals surface area contributed by atoms with Crippen molar-refractivity contribution < 1.29 is 0 Å². The third-order valence-electron chi connectivity index (χ3n) is 4.21. The Morgan fingerprint density at radius 2 is 2.26 bits per heavy atom. The minimum absolute atomic E-state index is 0.561. The first-order valence-corrected chi connectivity index (χ1v) is 7.25. The number of likely N-dealkylation sites (N-methyl/N-ethyl adjacent to an activating group) is 1. The molecule has 0 saturated carbocycles. The lowest BCUT2D eigenvalue weighted by Crippen LogP contribution is -2.42. The molecule has 0 bridgehead atoms. The summed E-state index contributed by atoms with van der Waals surface area (Å²) in [6.45, 7) is 6.26. The molecule has 1 aromatic rings. The highest BCUT2D eigenvalue weighted by molar-refractivity contribution is 5.03. The van der Waals surface area contributed by atoms with Gasteiger partial charge in [-0.2, -0.15) is 0 Å². The molecular formula is C15H26N4. The van der Waals surface area contributed by atoms with Crippen molar-refractivity contribution in [3.05, 3.63) is 30.1 Å². The second-order valence-electron chi connectivity index (χ2n) is 5.59. The standard InChI is InChI=1S/C15H26N4/c1-13-7-10-19(11-14-5-3-4-9-17-14)12-15(6-8-16)18(13)2/h3-5,9,13,15H,6-8,10-12,16H2,1-2H3. The Morgan fingerprint density at radius 3 is 2.95 bits per heavy atom. The van der Waals surface area contributed by atoms with Gasteiger partial charge in [-0.05, 0) is 45.5 Å². The van der Waals surface area contributed by atoms with Gasteiger partial charge in [0.05, 0.1) is 5.69 Å². The zero-order chi connectivity index (χ0) is 13.7. The highest BCUT2D eigenvalue weighted by Gasteiger charge is 2.26. The minimum Gasteiger partial charge on any atom is -0.330 e. The summed E-state index contributed by atoms with van der Waals surface area (Å²) < 4.78 is 0. The van der Waals surface area contributed by atoms with Gasteiger partial charge in [-0.1, -0.05) is 6.07 Å². The molecule has 2 unspecified atom stereocenters. The van der Waals surface area contributed by atoms with Crippen molar-refractivity contribution in [2.24, 2.45) is 5.73 Å². The van der Waals surface area contributed by atoms with Crippen LogP contribution in [-0.4, -0.2) is 53.5 Å². The van der Waals surface area contributed by atoms with Crippen LogP contribution in [0.1, 0.15) is 25.5 Å². The number of pyridine rings is 1. The molecule has 1 aromatic heterocycles. The topological polar surface area (TPSA) is 45.4 Å². The molecule has 0 aromatic carbocycles. The Balaban J connectivity index is 2.01. The zero-order valence-electron chi connectivity index (χ0n) is 12.1. The summed E-state index contributed by atoms with van der Waals surface area (Å²) in [6, 6.07) is 7.33. The van der Waals surface area contributed by atoms with Crippen molar-refractivity contribution in [2.45, 2.75) is 38.4 Å². The maximum atomic E-state index is 5.76. The number of aromatic nitrogens is 1. The van der Waals surface area contributed by atoms with E-state index in [2.05, 4.69) is 40.9 Å². The van der Waals surface area contributed by atoms with Crippen molar-refractivity contribution in [1.82, 2.24) is 14.8 Å². The molecule has 0 radical (unpaired) electrons. The van der Waals surface area contributed by atoms with E-state index in [1.165, 1.54) is 6.42 Å². The molecule has 2 N–H and O–H groups in total. The molecule has 2 rings (SSSR count). The van der Waals surface area contributed by atoms with Crippen LogP contribution in [0.4, 0.5) is 0 Å². The van der Waals surface area contributed by atoms with E-state index in [9.17, 15) is 0 Å². The largest absolute Gasteiger partial charge is 0.330 e. The van der Waals surface area contributed by atoms with Gasteiger partial charge in [-0.25, -0.2) is 0 Å². The molecule has 0 aliphatic carbocycles. The van der Waals surface area contributed by atoms with Crippen LogP contribution >= 0.6 is 0 Å². The summed E-state index contributed by atoms with van der Waals surface area (Å²) in [4.78, 5) is 9.44. The Hall–Kier alpha value is -0.970. The van der Waals surface area contributed by atoms with Crippen molar-refractivity contribution in [3.8, 4) is 0 Å². The van der Waals surface area contributed by atoms with Crippen LogP contribution in [0.2, 0.25) is 0 Å². The first-order valence-electron chi connectivity index (χ1n) is 7.25. The Morgan fingerprint density at radius 1 is 1.42 bits per heavy atom. The second-order valence-corrected chi connectivity index (χ2v) is 5.59. The van der Waals surface area contributed by atoms with Gasteiger partial charge in [-0.15, -0.1) is 0 Å². The second kappa shape index (κ2) is 6.98. The normalized spacial score (nSPS) is 26.3. The molecule has 0 amide bonds. The van der Waals surface area contributed by atoms with Crippen LogP contribution in [-0.2, 0) is 6.54 Å². The molecule has 106 valence electrons. The summed E-state index contributed by atoms with van der Waals surface area (Å²) in [5, 5.41) is 0. The van der Waals surface area contributed by atoms with Crippen LogP contribution in [0.3, 0.4) is 0 Å². The van der Waals surface area contributed by atoms with Crippen molar-refractivity contribution >= 4 is 0 Å². The van der Waals surface area contributed by atoms with Gasteiger partial charge < -0.3 is 5.73 Å². The highest BCUT2D eigenvalue weighted by atomic mass is 15.2. The first kappa shape index (κ1) is 14.4. The fourth-order valence-corrected chi connectivity index (χ4v) is 2.80. The predicted octanol–water partition coefficient (Wildman–Crippen LogP) is 1.33. The van der Waals surface area contributed by atoms with Crippen LogP contribution in [0.25, 0.3) is 0 Å². The predicted molar refractivity (Wildman–Crippen MR) is 78.8 cm³/mol. The van der Waals surface area contributed by atoms with Crippen molar-refractivity contribution in [1.29, 1.82) is 0 Å². The molecular weight excluding hydrogens is 236 g/mol. The average Bonchev–Trinajstić information content (AvgIpc) is 2.55. The summed E-state index contributed by atoms with van der Waals surface area (Å²) in [6.07, 6.45) is 4.16. The molecule has 2 heterocycles. The zero-order valence-corrected chi connectivity index (χ0v) is 12.1. The van der Waals surface area contributed by atoms with E-state index in [1.807, 2.05) is 12.3 Å². The number of hydrogen-bond acceptors (Lipinski definition) is 4. The molecule has 1 aliphatic heterocycles. The van der Waals surface area contributed by atoms with E-state index in [-0.39, 0.29) is 0 Å². The summed E-state index contributed by atoms with van der Waals surface area (Å²) in [5.41, 5.74) is 6.92. The summed E-state index contributed by atoms with van der Waals surface area (Å²) >= 11 is 0. The molecule has 4 nitrogen and oxygen atoms in total. The third kappa shape index (κ3) is 4.00. The maximum absolute atomic E-state index is 5.76. The van der Waals surface area contributed by atoms with E-state index in [1.54, 1.807) is 0 Å². The average molecular weight is 262 g/mol. The van der Waals surface area contributed by atoms with Gasteiger partial charge in [-0.3, -0.25) is 14.8 Å². The van der Waals surface area contributed by atoms with Crippen molar-refractivity contribution in [3.63, 3.8) is 0 Å². The van der Waals surface area contributed by atoms with E-state index >= 15 is 0 Å². The number of nitrogens with zero attached hydrogens (tertiary/aromatic N) is 3. The van der Waals surface area contributed by atoms with Gasteiger partial charge in [0.2, 0.25) is 0 Å². The van der Waals surface area contributed by atoms with Crippen LogP contribution < -0.4 is 5.73 Å². The van der Waals surface area contributed by atoms with Gasteiger partial charge in [0.25, 0.3) is 0 Å². The smallest absolute Gasteiger partial charge is 0.0543 e. The highest BCUT2D eigenvalue weighted by Crippen LogP contribution is 2.17. The quantitative estimate of drug-likeness (QED) is 0.889. The Labute approximate surface area is 116 Å². The van der Waals surface area contributed by atoms with Gasteiger partial charge >= 0.3 is 0 Å². The molecule has 0 spiro atoms. The van der Waals surface area contributed by atoms with Crippen LogP contribution in [0, 0.1) is 0 Å². The fourth-order valence-electron chi connectivity index (χ4n) is 2.80. The Bertz CT molecular complexity index is 368. The fraction of sp³-hybridized carbons (Fsp3) is 0.667. The van der Waals surface area contributed by atoms with Crippen LogP contribution in [0.5, 0.6) is 0 Å². The number of rotatable bonds is 4. The van der Waals surface area contributed by atoms with Crippen LogP contribution in [0.15, 0.2) is 24.4 Å². The lowest BCUT2D eigenvalue weighted by molar-refractivity contribution is 0.166. The molecule has 2 atom stereocenters. The molecule has 4 heteroatoms. The lowest BCUT2D eigenvalue weighted by atomic mass is 10.1. The minimum atomic E-state index is 0.561. The SMILES string of the molecule is CC1CCN(Cc2ccccn2)CC(CCN)N1C. The molecule has 1 saturated heterocycles. The monoisotopic (exact) mass is 262 g/mol. The van der Waals surface area contributed by atoms with Gasteiger partial charge in [0.1, 0.15) is 0 Å². The summed E-state index contributed by atoms with van der Waals surface area (Å²) in [7, 11) is 2.23. The molecule has 1 aliphatic rings. The van der Waals surface area contributed by atoms with E-state index in [0.29, 0.717) is 12.1 Å². The van der Waals surface area contributed by atoms with E-state index in [4.69, 9.17) is 5.73 Å². The lowest BCUT2D eigenvalue weighted by Gasteiger charge is -2.31. The van der Waals surface area contributed by atoms with Crippen molar-refractivity contribution in [2.75, 3.05) is 26.7 Å². The Kier molecular flexibility index (Phi) is 5.31. The molecule has 1 fully saturated rings. The van der Waals surface area contributed by atoms with E-state index in [0.717, 1.165) is 38.3 Å². The number of hydrogen-bond donors (Lipinski definition) is 1. The third-order valence-corrected chi connectivity index (χ3v) is 4.21. The molecule has 19 heavy (non-hydrogen) atoms. The van der Waals surface area contributed by atoms with Gasteiger partial charge in [0, 0.05) is 37.9 Å².